The molecule has 1 aliphatic carbocycles. The molecular formula is C23H20N2O. The van der Waals surface area contributed by atoms with Gasteiger partial charge in [0.25, 0.3) is 0 Å². The van der Waals surface area contributed by atoms with Gasteiger partial charge in [-0.25, -0.2) is 9.97 Å². The Morgan fingerprint density at radius 3 is 2.50 bits per heavy atom. The van der Waals surface area contributed by atoms with Gasteiger partial charge in [0.05, 0.1) is 6.61 Å². The van der Waals surface area contributed by atoms with E-state index in [1.807, 2.05) is 6.07 Å². The van der Waals surface area contributed by atoms with E-state index in [1.54, 1.807) is 12.4 Å². The van der Waals surface area contributed by atoms with E-state index in [2.05, 4.69) is 58.5 Å². The number of benzene rings is 3. The topological polar surface area (TPSA) is 46.0 Å². The van der Waals surface area contributed by atoms with Crippen molar-refractivity contribution >= 4 is 21.5 Å². The Kier molecular flexibility index (Phi) is 3.68. The van der Waals surface area contributed by atoms with Crippen molar-refractivity contribution < 1.29 is 5.11 Å². The highest BCUT2D eigenvalue weighted by molar-refractivity contribution is 6.08. The molecule has 3 heteroatoms. The zero-order chi connectivity index (χ0) is 17.5. The summed E-state index contributed by atoms with van der Waals surface area (Å²) in [5.74, 6) is 1.07. The largest absolute Gasteiger partial charge is 0.396 e. The van der Waals surface area contributed by atoms with Crippen LogP contribution in [-0.4, -0.2) is 21.7 Å². The van der Waals surface area contributed by atoms with Crippen molar-refractivity contribution in [2.75, 3.05) is 6.61 Å². The van der Waals surface area contributed by atoms with Crippen LogP contribution in [0.25, 0.3) is 21.5 Å². The smallest absolute Gasteiger partial charge is 0.131 e. The van der Waals surface area contributed by atoms with Crippen molar-refractivity contribution in [3.63, 3.8) is 0 Å². The maximum Gasteiger partial charge on any atom is 0.131 e. The quantitative estimate of drug-likeness (QED) is 0.543. The Bertz CT molecular complexity index is 1090. The first-order chi connectivity index (χ1) is 12.9. The van der Waals surface area contributed by atoms with Crippen LogP contribution >= 0.6 is 0 Å². The molecule has 1 aromatic heterocycles. The fraction of sp³-hybridized carbons (Fsp3) is 0.217. The second-order valence-corrected chi connectivity index (χ2v) is 7.06. The van der Waals surface area contributed by atoms with Crippen LogP contribution in [0.3, 0.4) is 0 Å². The highest BCUT2D eigenvalue weighted by atomic mass is 16.3. The second kappa shape index (κ2) is 6.19. The first kappa shape index (κ1) is 15.5. The van der Waals surface area contributed by atoms with Gasteiger partial charge in [0, 0.05) is 24.2 Å². The van der Waals surface area contributed by atoms with Gasteiger partial charge in [0.1, 0.15) is 5.82 Å². The zero-order valence-electron chi connectivity index (χ0n) is 14.5. The third-order valence-corrected chi connectivity index (χ3v) is 5.78. The number of rotatable bonds is 2. The number of nitrogens with zero attached hydrogens (tertiary/aromatic N) is 2. The van der Waals surface area contributed by atoms with Crippen LogP contribution in [0, 0.1) is 0 Å². The number of fused-ring (bicyclic) bond motifs is 5. The third-order valence-electron chi connectivity index (χ3n) is 5.78. The summed E-state index contributed by atoms with van der Waals surface area (Å²) in [6, 6.07) is 19.2. The van der Waals surface area contributed by atoms with Gasteiger partial charge in [0.2, 0.25) is 0 Å². The van der Waals surface area contributed by atoms with E-state index in [0.29, 0.717) is 0 Å². The number of aliphatic hydroxyl groups excluding tert-OH is 1. The normalized spacial score (nSPS) is 19.6. The summed E-state index contributed by atoms with van der Waals surface area (Å²) in [7, 11) is 0. The van der Waals surface area contributed by atoms with Gasteiger partial charge in [-0.05, 0) is 51.6 Å². The van der Waals surface area contributed by atoms with E-state index in [4.69, 9.17) is 0 Å². The molecule has 0 spiro atoms. The highest BCUT2D eigenvalue weighted by Crippen LogP contribution is 2.44. The number of hydrogen-bond donors (Lipinski definition) is 1. The first-order valence-electron chi connectivity index (χ1n) is 9.18. The third kappa shape index (κ3) is 2.31. The molecule has 4 aromatic rings. The molecule has 0 saturated heterocycles. The lowest BCUT2D eigenvalue weighted by atomic mass is 9.73. The van der Waals surface area contributed by atoms with Crippen molar-refractivity contribution in [1.82, 2.24) is 9.97 Å². The lowest BCUT2D eigenvalue weighted by Crippen LogP contribution is -2.23. The monoisotopic (exact) mass is 340 g/mol. The summed E-state index contributed by atoms with van der Waals surface area (Å²) >= 11 is 0. The van der Waals surface area contributed by atoms with Gasteiger partial charge in [-0.3, -0.25) is 0 Å². The van der Waals surface area contributed by atoms with Crippen LogP contribution in [0.1, 0.15) is 35.2 Å². The number of aryl methyl sites for hydroxylation is 1. The number of hydrogen-bond acceptors (Lipinski definition) is 3. The average molecular weight is 340 g/mol. The molecule has 0 amide bonds. The minimum Gasteiger partial charge on any atom is -0.396 e. The van der Waals surface area contributed by atoms with Gasteiger partial charge < -0.3 is 5.11 Å². The molecule has 3 nitrogen and oxygen atoms in total. The molecule has 2 unspecified atom stereocenters. The molecule has 1 aliphatic rings. The van der Waals surface area contributed by atoms with E-state index in [9.17, 15) is 5.11 Å². The van der Waals surface area contributed by atoms with Gasteiger partial charge in [0.15, 0.2) is 0 Å². The summed E-state index contributed by atoms with van der Waals surface area (Å²) in [6.07, 6.45) is 5.54. The van der Waals surface area contributed by atoms with Gasteiger partial charge in [-0.15, -0.1) is 0 Å². The molecule has 0 radical (unpaired) electrons. The molecule has 128 valence electrons. The Balaban J connectivity index is 1.69. The van der Waals surface area contributed by atoms with Gasteiger partial charge in [-0.1, -0.05) is 48.5 Å². The van der Waals surface area contributed by atoms with Crippen molar-refractivity contribution in [3.8, 4) is 0 Å². The molecule has 1 N–H and O–H groups in total. The predicted octanol–water partition coefficient (Wildman–Crippen LogP) is 4.59. The Morgan fingerprint density at radius 1 is 0.846 bits per heavy atom. The van der Waals surface area contributed by atoms with E-state index in [0.717, 1.165) is 18.7 Å². The van der Waals surface area contributed by atoms with Crippen LogP contribution in [0.2, 0.25) is 0 Å². The molecular weight excluding hydrogens is 320 g/mol. The Hall–Kier alpha value is -2.78. The molecule has 0 fully saturated rings. The summed E-state index contributed by atoms with van der Waals surface area (Å²) in [4.78, 5) is 8.91. The fourth-order valence-corrected chi connectivity index (χ4v) is 4.55. The Morgan fingerprint density at radius 2 is 1.65 bits per heavy atom. The van der Waals surface area contributed by atoms with Crippen LogP contribution in [0.4, 0.5) is 0 Å². The van der Waals surface area contributed by atoms with Crippen LogP contribution < -0.4 is 0 Å². The Labute approximate surface area is 152 Å². The van der Waals surface area contributed by atoms with Crippen molar-refractivity contribution in [2.24, 2.45) is 0 Å². The molecule has 0 saturated carbocycles. The second-order valence-electron chi connectivity index (χ2n) is 7.06. The standard InChI is InChI=1S/C23H20N2O/c26-14-22-20-9-8-17-16-5-2-1-4-15(16)6-7-18(17)19(20)10-11-21(22)23-24-12-3-13-25-23/h1-9,12-13,21-22,26H,10-11,14H2. The molecule has 3 aromatic carbocycles. The minimum absolute atomic E-state index is 0.0528. The first-order valence-corrected chi connectivity index (χ1v) is 9.18. The van der Waals surface area contributed by atoms with Crippen molar-refractivity contribution in [1.29, 1.82) is 0 Å². The van der Waals surface area contributed by atoms with Crippen LogP contribution in [0.15, 0.2) is 67.0 Å². The lowest BCUT2D eigenvalue weighted by Gasteiger charge is -2.32. The molecule has 0 aliphatic heterocycles. The average Bonchev–Trinajstić information content (AvgIpc) is 2.72. The maximum atomic E-state index is 10.2. The fourth-order valence-electron chi connectivity index (χ4n) is 4.55. The van der Waals surface area contributed by atoms with E-state index in [1.165, 1.54) is 32.7 Å². The number of aromatic nitrogens is 2. The zero-order valence-corrected chi connectivity index (χ0v) is 14.5. The van der Waals surface area contributed by atoms with Crippen LogP contribution in [-0.2, 0) is 6.42 Å². The SMILES string of the molecule is OCC1c2ccc3c(ccc4ccccc43)c2CCC1c1ncccn1. The summed E-state index contributed by atoms with van der Waals surface area (Å²) < 4.78 is 0. The maximum absolute atomic E-state index is 10.2. The van der Waals surface area contributed by atoms with Crippen molar-refractivity contribution in [3.05, 3.63) is 83.9 Å². The summed E-state index contributed by atoms with van der Waals surface area (Å²) in [5, 5.41) is 15.3. The van der Waals surface area contributed by atoms with E-state index >= 15 is 0 Å². The molecule has 5 rings (SSSR count). The van der Waals surface area contributed by atoms with E-state index < -0.39 is 0 Å². The molecule has 1 heterocycles. The van der Waals surface area contributed by atoms with E-state index in [-0.39, 0.29) is 18.4 Å². The summed E-state index contributed by atoms with van der Waals surface area (Å²) in [5.41, 5.74) is 2.62. The van der Waals surface area contributed by atoms with Crippen LogP contribution in [0.5, 0.6) is 0 Å². The minimum atomic E-state index is 0.0528. The lowest BCUT2D eigenvalue weighted by molar-refractivity contribution is 0.235. The predicted molar refractivity (Wildman–Crippen MR) is 104 cm³/mol. The molecule has 2 atom stereocenters. The van der Waals surface area contributed by atoms with Gasteiger partial charge in [-0.2, -0.15) is 0 Å². The molecule has 26 heavy (non-hydrogen) atoms. The van der Waals surface area contributed by atoms with Crippen molar-refractivity contribution in [2.45, 2.75) is 24.7 Å². The summed E-state index contributed by atoms with van der Waals surface area (Å²) in [6.45, 7) is 0.120. The van der Waals surface area contributed by atoms with Gasteiger partial charge >= 0.3 is 0 Å². The number of aliphatic hydroxyl groups is 1. The molecule has 0 bridgehead atoms. The highest BCUT2D eigenvalue weighted by Gasteiger charge is 2.32.